The third-order valence-electron chi connectivity index (χ3n) is 7.14. The van der Waals surface area contributed by atoms with Gasteiger partial charge in [-0.25, -0.2) is 13.8 Å². The van der Waals surface area contributed by atoms with Crippen LogP contribution in [0.25, 0.3) is 15.2 Å². The molecule has 3 aromatic heterocycles. The summed E-state index contributed by atoms with van der Waals surface area (Å²) < 4.78 is 23.1. The Hall–Kier alpha value is -3.68. The molecule has 43 heavy (non-hydrogen) atoms. The molecule has 0 aliphatic heterocycles. The van der Waals surface area contributed by atoms with Crippen molar-refractivity contribution in [3.63, 3.8) is 0 Å². The fourth-order valence-corrected chi connectivity index (χ4v) is 6.16. The predicted molar refractivity (Wildman–Crippen MR) is 163 cm³/mol. The highest BCUT2D eigenvalue weighted by Crippen LogP contribution is 2.33. The average Bonchev–Trinajstić information content (AvgIpc) is 3.55. The zero-order chi connectivity index (χ0) is 31.9. The molecule has 0 unspecified atom stereocenters. The molecule has 0 spiro atoms. The number of nitrogens with one attached hydrogen (secondary N) is 1. The summed E-state index contributed by atoms with van der Waals surface area (Å²) in [4.78, 5) is 43.5. The molecule has 4 rings (SSSR count). The number of rotatable bonds is 11. The Bertz CT molecular complexity index is 1750. The van der Waals surface area contributed by atoms with Crippen molar-refractivity contribution in [3.05, 3.63) is 73.9 Å². The van der Waals surface area contributed by atoms with Gasteiger partial charge in [-0.05, 0) is 78.1 Å². The molecule has 13 heteroatoms. The molecule has 0 aliphatic rings. The number of carbonyl (C=O) groups excluding carboxylic acids is 1. The minimum Gasteiger partial charge on any atom is -0.388 e. The molecule has 0 fully saturated rings. The van der Waals surface area contributed by atoms with Crippen molar-refractivity contribution in [2.75, 3.05) is 6.61 Å². The van der Waals surface area contributed by atoms with E-state index in [9.17, 15) is 23.9 Å². The van der Waals surface area contributed by atoms with Gasteiger partial charge in [0.25, 0.3) is 5.56 Å². The maximum Gasteiger partial charge on any atom is 0.333 e. The van der Waals surface area contributed by atoms with Gasteiger partial charge in [0.05, 0.1) is 36.5 Å². The lowest BCUT2D eigenvalue weighted by Gasteiger charge is -2.29. The Morgan fingerprint density at radius 1 is 1.16 bits per heavy atom. The van der Waals surface area contributed by atoms with E-state index < -0.39 is 40.2 Å². The van der Waals surface area contributed by atoms with Gasteiger partial charge in [-0.1, -0.05) is 24.3 Å². The van der Waals surface area contributed by atoms with Crippen LogP contribution < -0.4 is 16.6 Å². The molecule has 0 saturated heterocycles. The van der Waals surface area contributed by atoms with E-state index in [1.54, 1.807) is 40.7 Å². The van der Waals surface area contributed by atoms with E-state index in [2.05, 4.69) is 15.5 Å². The van der Waals surface area contributed by atoms with Crippen molar-refractivity contribution in [1.82, 2.24) is 29.4 Å². The molecule has 0 aliphatic carbocycles. The maximum atomic E-state index is 14.6. The highest BCUT2D eigenvalue weighted by molar-refractivity contribution is 7.21. The lowest BCUT2D eigenvalue weighted by molar-refractivity contribution is -0.129. The van der Waals surface area contributed by atoms with Gasteiger partial charge in [0.1, 0.15) is 27.3 Å². The molecule has 1 atom stereocenters. The van der Waals surface area contributed by atoms with Gasteiger partial charge < -0.3 is 15.2 Å². The van der Waals surface area contributed by atoms with Crippen molar-refractivity contribution in [2.45, 2.75) is 91.6 Å². The Kier molecular flexibility index (Phi) is 9.10. The molecule has 2 N–H and O–H groups in total. The number of thiophene rings is 1. The SMILES string of the molecule is CCc1ccc(F)cc1[C@H](Cn1c(=O)n(C(C)(C)C(=O)NC(C)C)c(=O)c2c(C)c(-n3nccn3)sc21)OCC(C)(C)O. The second-order valence-electron chi connectivity index (χ2n) is 12.1. The molecule has 3 heterocycles. The summed E-state index contributed by atoms with van der Waals surface area (Å²) in [6, 6.07) is 4.17. The highest BCUT2D eigenvalue weighted by Gasteiger charge is 2.36. The van der Waals surface area contributed by atoms with Crippen molar-refractivity contribution in [2.24, 2.45) is 0 Å². The number of ether oxygens (including phenoxy) is 1. The smallest absolute Gasteiger partial charge is 0.333 e. The van der Waals surface area contributed by atoms with E-state index in [0.717, 1.165) is 21.5 Å². The number of aryl methyl sites for hydroxylation is 2. The molecule has 11 nitrogen and oxygen atoms in total. The largest absolute Gasteiger partial charge is 0.388 e. The molecule has 1 amide bonds. The van der Waals surface area contributed by atoms with Gasteiger partial charge in [0.15, 0.2) is 0 Å². The van der Waals surface area contributed by atoms with Gasteiger partial charge >= 0.3 is 5.69 Å². The van der Waals surface area contributed by atoms with Crippen LogP contribution in [0.3, 0.4) is 0 Å². The van der Waals surface area contributed by atoms with Crippen LogP contribution in [-0.2, 0) is 28.0 Å². The zero-order valence-electron chi connectivity index (χ0n) is 25.8. The van der Waals surface area contributed by atoms with Crippen LogP contribution in [-0.4, -0.2) is 53.4 Å². The predicted octanol–water partition coefficient (Wildman–Crippen LogP) is 3.60. The molecule has 4 aromatic rings. The first-order chi connectivity index (χ1) is 20.1. The van der Waals surface area contributed by atoms with E-state index in [4.69, 9.17) is 4.74 Å². The van der Waals surface area contributed by atoms with Crippen molar-refractivity contribution >= 4 is 27.5 Å². The number of amides is 1. The van der Waals surface area contributed by atoms with Crippen LogP contribution in [0, 0.1) is 12.7 Å². The second kappa shape index (κ2) is 12.1. The van der Waals surface area contributed by atoms with Crippen molar-refractivity contribution < 1.29 is 19.0 Å². The summed E-state index contributed by atoms with van der Waals surface area (Å²) in [6.07, 6.45) is 2.69. The highest BCUT2D eigenvalue weighted by atomic mass is 32.1. The number of fused-ring (bicyclic) bond motifs is 1. The number of halogens is 1. The number of aliphatic hydroxyl groups is 1. The van der Waals surface area contributed by atoms with E-state index in [1.165, 1.54) is 47.7 Å². The van der Waals surface area contributed by atoms with E-state index in [1.807, 2.05) is 6.92 Å². The lowest BCUT2D eigenvalue weighted by atomic mass is 9.99. The molecule has 1 aromatic carbocycles. The number of benzene rings is 1. The summed E-state index contributed by atoms with van der Waals surface area (Å²) in [5.41, 5.74) is -2.27. The average molecular weight is 615 g/mol. The lowest BCUT2D eigenvalue weighted by Crippen LogP contribution is -2.56. The zero-order valence-corrected chi connectivity index (χ0v) is 26.6. The standard InChI is InChI=1S/C30H39FN6O5S/c1-9-19-10-11-20(31)14-21(19)22(42-16-29(5,6)41)15-35-26-23(18(4)25(43-26)37-32-12-13-33-37)24(38)36(28(35)40)30(7,8)27(39)34-17(2)3/h10-14,17,22,41H,9,15-16H2,1-8H3,(H,34,39)/t22-/m0/s1. The van der Waals surface area contributed by atoms with Crippen LogP contribution in [0.4, 0.5) is 4.39 Å². The van der Waals surface area contributed by atoms with Crippen LogP contribution in [0.5, 0.6) is 0 Å². The number of aromatic nitrogens is 5. The minimum atomic E-state index is -1.57. The maximum absolute atomic E-state index is 14.6. The molecule has 232 valence electrons. The van der Waals surface area contributed by atoms with Crippen LogP contribution >= 0.6 is 11.3 Å². The second-order valence-corrected chi connectivity index (χ2v) is 13.0. The van der Waals surface area contributed by atoms with E-state index >= 15 is 0 Å². The molecular weight excluding hydrogens is 575 g/mol. The topological polar surface area (TPSA) is 133 Å². The van der Waals surface area contributed by atoms with Gasteiger partial charge in [-0.2, -0.15) is 10.2 Å². The van der Waals surface area contributed by atoms with Gasteiger partial charge in [-0.3, -0.25) is 14.2 Å². The van der Waals surface area contributed by atoms with Crippen molar-refractivity contribution in [3.8, 4) is 5.00 Å². The first-order valence-corrected chi connectivity index (χ1v) is 15.0. The number of hydrogen-bond donors (Lipinski definition) is 2. The van der Waals surface area contributed by atoms with E-state index in [-0.39, 0.29) is 24.6 Å². The Labute approximate surface area is 252 Å². The van der Waals surface area contributed by atoms with Gasteiger partial charge in [-0.15, -0.1) is 4.80 Å². The third-order valence-corrected chi connectivity index (χ3v) is 8.42. The normalized spacial score (nSPS) is 13.2. The van der Waals surface area contributed by atoms with Crippen LogP contribution in [0.2, 0.25) is 0 Å². The van der Waals surface area contributed by atoms with Crippen molar-refractivity contribution in [1.29, 1.82) is 0 Å². The quantitative estimate of drug-likeness (QED) is 0.264. The van der Waals surface area contributed by atoms with Gasteiger partial charge in [0.2, 0.25) is 5.91 Å². The minimum absolute atomic E-state index is 0.108. The third kappa shape index (κ3) is 6.48. The Balaban J connectivity index is 2.04. The first-order valence-electron chi connectivity index (χ1n) is 14.2. The first kappa shape index (κ1) is 32.2. The van der Waals surface area contributed by atoms with Crippen LogP contribution in [0.15, 0.2) is 40.2 Å². The number of carbonyl (C=O) groups is 1. The van der Waals surface area contributed by atoms with Gasteiger partial charge in [0, 0.05) is 11.6 Å². The van der Waals surface area contributed by atoms with E-state index in [0.29, 0.717) is 27.4 Å². The summed E-state index contributed by atoms with van der Waals surface area (Å²) >= 11 is 1.16. The Morgan fingerprint density at radius 2 is 1.81 bits per heavy atom. The monoisotopic (exact) mass is 614 g/mol. The number of nitrogens with zero attached hydrogens (tertiary/aromatic N) is 5. The molecule has 0 saturated carbocycles. The summed E-state index contributed by atoms with van der Waals surface area (Å²) in [5.74, 6) is -0.972. The molecular formula is C30H39FN6O5S. The molecule has 0 bridgehead atoms. The number of hydrogen-bond acceptors (Lipinski definition) is 8. The Morgan fingerprint density at radius 3 is 2.40 bits per heavy atom. The summed E-state index contributed by atoms with van der Waals surface area (Å²) in [6.45, 7) is 13.2. The van der Waals surface area contributed by atoms with Crippen LogP contribution in [0.1, 0.15) is 71.3 Å². The fraction of sp³-hybridized carbons (Fsp3) is 0.500. The summed E-state index contributed by atoms with van der Waals surface area (Å²) in [5, 5.41) is 22.5. The summed E-state index contributed by atoms with van der Waals surface area (Å²) in [7, 11) is 0. The fourth-order valence-electron chi connectivity index (χ4n) is 4.94. The molecule has 0 radical (unpaired) electrons.